The molecule has 1 atom stereocenters. The SMILES string of the molecule is C[C@@H](Nc1c([N+](=O)[O-])cc(C(C)(C)C)cc1[N+](=O)[O-])C(=O)O. The first-order valence-electron chi connectivity index (χ1n) is 6.41. The Balaban J connectivity index is 3.61. The van der Waals surface area contributed by atoms with Crippen molar-refractivity contribution in [3.8, 4) is 0 Å². The molecule has 0 spiro atoms. The van der Waals surface area contributed by atoms with E-state index in [1.807, 2.05) is 0 Å². The van der Waals surface area contributed by atoms with Crippen molar-refractivity contribution in [3.63, 3.8) is 0 Å². The third-order valence-electron chi connectivity index (χ3n) is 3.09. The maximum absolute atomic E-state index is 11.2. The number of hydrogen-bond donors (Lipinski definition) is 2. The molecule has 0 aromatic heterocycles. The molecule has 1 aromatic carbocycles. The first-order valence-corrected chi connectivity index (χ1v) is 6.41. The largest absolute Gasteiger partial charge is 0.480 e. The van der Waals surface area contributed by atoms with Crippen molar-refractivity contribution in [2.24, 2.45) is 0 Å². The number of anilines is 1. The van der Waals surface area contributed by atoms with Gasteiger partial charge < -0.3 is 10.4 Å². The standard InChI is InChI=1S/C13H17N3O6/c1-7(12(17)18)14-11-9(15(19)20)5-8(13(2,3)4)6-10(11)16(21)22/h5-7,14H,1-4H3,(H,17,18)/t7-/m1/s1. The summed E-state index contributed by atoms with van der Waals surface area (Å²) in [6.45, 7) is 6.54. The highest BCUT2D eigenvalue weighted by molar-refractivity contribution is 5.82. The Morgan fingerprint density at radius 3 is 1.86 bits per heavy atom. The Morgan fingerprint density at radius 2 is 1.59 bits per heavy atom. The Kier molecular flexibility index (Phi) is 4.70. The third kappa shape index (κ3) is 3.68. The van der Waals surface area contributed by atoms with E-state index in [2.05, 4.69) is 5.32 Å². The summed E-state index contributed by atoms with van der Waals surface area (Å²) in [5, 5.41) is 33.7. The van der Waals surface area contributed by atoms with Gasteiger partial charge in [0.2, 0.25) is 0 Å². The van der Waals surface area contributed by atoms with Crippen molar-refractivity contribution >= 4 is 23.0 Å². The van der Waals surface area contributed by atoms with Crippen LogP contribution in [0.25, 0.3) is 0 Å². The summed E-state index contributed by atoms with van der Waals surface area (Å²) in [6.07, 6.45) is 0. The minimum absolute atomic E-state index is 0.405. The molecule has 0 fully saturated rings. The Morgan fingerprint density at radius 1 is 1.18 bits per heavy atom. The van der Waals surface area contributed by atoms with Gasteiger partial charge in [-0.15, -0.1) is 0 Å². The van der Waals surface area contributed by atoms with Crippen LogP contribution in [0.2, 0.25) is 0 Å². The second-order valence-electron chi connectivity index (χ2n) is 5.86. The van der Waals surface area contributed by atoms with Gasteiger partial charge in [-0.1, -0.05) is 20.8 Å². The number of carbonyl (C=O) groups is 1. The summed E-state index contributed by atoms with van der Waals surface area (Å²) in [4.78, 5) is 31.8. The average Bonchev–Trinajstić information content (AvgIpc) is 2.36. The van der Waals surface area contributed by atoms with Crippen molar-refractivity contribution < 1.29 is 19.7 Å². The first kappa shape index (κ1) is 17.3. The third-order valence-corrected chi connectivity index (χ3v) is 3.09. The van der Waals surface area contributed by atoms with E-state index in [1.165, 1.54) is 19.1 Å². The number of hydrogen-bond acceptors (Lipinski definition) is 6. The molecule has 9 nitrogen and oxygen atoms in total. The number of nitrogens with one attached hydrogen (secondary N) is 1. The summed E-state index contributed by atoms with van der Waals surface area (Å²) in [7, 11) is 0. The number of aliphatic carboxylic acids is 1. The lowest BCUT2D eigenvalue weighted by Gasteiger charge is -2.20. The average molecular weight is 311 g/mol. The van der Waals surface area contributed by atoms with Crippen molar-refractivity contribution in [3.05, 3.63) is 37.9 Å². The van der Waals surface area contributed by atoms with Gasteiger partial charge in [0, 0.05) is 12.1 Å². The zero-order chi connectivity index (χ0) is 17.2. The van der Waals surface area contributed by atoms with Gasteiger partial charge >= 0.3 is 5.97 Å². The van der Waals surface area contributed by atoms with Gasteiger partial charge in [0.1, 0.15) is 6.04 Å². The highest BCUT2D eigenvalue weighted by atomic mass is 16.6. The van der Waals surface area contributed by atoms with Crippen molar-refractivity contribution in [2.45, 2.75) is 39.2 Å². The van der Waals surface area contributed by atoms with E-state index in [0.717, 1.165) is 0 Å². The van der Waals surface area contributed by atoms with Gasteiger partial charge in [-0.3, -0.25) is 25.0 Å². The molecular formula is C13H17N3O6. The van der Waals surface area contributed by atoms with Crippen LogP contribution in [0.3, 0.4) is 0 Å². The maximum Gasteiger partial charge on any atom is 0.325 e. The molecule has 1 aromatic rings. The maximum atomic E-state index is 11.2. The molecule has 0 saturated carbocycles. The van der Waals surface area contributed by atoms with Crippen LogP contribution in [-0.4, -0.2) is 27.0 Å². The van der Waals surface area contributed by atoms with E-state index in [1.54, 1.807) is 20.8 Å². The molecule has 0 aliphatic rings. The molecule has 120 valence electrons. The normalized spacial score (nSPS) is 12.5. The van der Waals surface area contributed by atoms with Gasteiger partial charge in [-0.2, -0.15) is 0 Å². The van der Waals surface area contributed by atoms with E-state index in [9.17, 15) is 25.0 Å². The minimum atomic E-state index is -1.27. The summed E-state index contributed by atoms with van der Waals surface area (Å²) in [5.74, 6) is -1.27. The van der Waals surface area contributed by atoms with E-state index in [-0.39, 0.29) is 0 Å². The Labute approximate surface area is 126 Å². The fraction of sp³-hybridized carbons (Fsp3) is 0.462. The van der Waals surface area contributed by atoms with E-state index < -0.39 is 44.3 Å². The highest BCUT2D eigenvalue weighted by Crippen LogP contribution is 2.39. The van der Waals surface area contributed by atoms with Crippen LogP contribution in [-0.2, 0) is 10.2 Å². The van der Waals surface area contributed by atoms with Gasteiger partial charge in [0.15, 0.2) is 5.69 Å². The smallest absolute Gasteiger partial charge is 0.325 e. The topological polar surface area (TPSA) is 136 Å². The number of nitro benzene ring substituents is 2. The second-order valence-corrected chi connectivity index (χ2v) is 5.86. The highest BCUT2D eigenvalue weighted by Gasteiger charge is 2.31. The summed E-state index contributed by atoms with van der Waals surface area (Å²) >= 11 is 0. The lowest BCUT2D eigenvalue weighted by atomic mass is 9.86. The van der Waals surface area contributed by atoms with Crippen LogP contribution < -0.4 is 5.32 Å². The predicted molar refractivity (Wildman–Crippen MR) is 79.2 cm³/mol. The lowest BCUT2D eigenvalue weighted by molar-refractivity contribution is -0.392. The van der Waals surface area contributed by atoms with Crippen molar-refractivity contribution in [1.82, 2.24) is 0 Å². The molecule has 0 bridgehead atoms. The fourth-order valence-electron chi connectivity index (χ4n) is 1.76. The zero-order valence-electron chi connectivity index (χ0n) is 12.6. The van der Waals surface area contributed by atoms with Gasteiger partial charge in [0.25, 0.3) is 11.4 Å². The van der Waals surface area contributed by atoms with Crippen LogP contribution in [0.15, 0.2) is 12.1 Å². The number of carboxylic acid groups (broad SMARTS) is 1. The van der Waals surface area contributed by atoms with Crippen LogP contribution >= 0.6 is 0 Å². The molecule has 0 heterocycles. The number of rotatable bonds is 5. The summed E-state index contributed by atoms with van der Waals surface area (Å²) < 4.78 is 0. The molecule has 1 rings (SSSR count). The van der Waals surface area contributed by atoms with Crippen LogP contribution in [0.4, 0.5) is 17.1 Å². The van der Waals surface area contributed by atoms with Crippen molar-refractivity contribution in [2.75, 3.05) is 5.32 Å². The van der Waals surface area contributed by atoms with Gasteiger partial charge in [-0.05, 0) is 17.9 Å². The molecule has 0 radical (unpaired) electrons. The van der Waals surface area contributed by atoms with Crippen LogP contribution in [0.5, 0.6) is 0 Å². The molecular weight excluding hydrogens is 294 g/mol. The summed E-state index contributed by atoms with van der Waals surface area (Å²) in [5.41, 5.74) is -1.57. The molecule has 0 amide bonds. The Bertz CT molecular complexity index is 600. The van der Waals surface area contributed by atoms with E-state index in [0.29, 0.717) is 5.56 Å². The van der Waals surface area contributed by atoms with Gasteiger partial charge in [0.05, 0.1) is 9.85 Å². The monoisotopic (exact) mass is 311 g/mol. The van der Waals surface area contributed by atoms with Crippen LogP contribution in [0, 0.1) is 20.2 Å². The van der Waals surface area contributed by atoms with E-state index >= 15 is 0 Å². The first-order chi connectivity index (χ1) is 9.95. The summed E-state index contributed by atoms with van der Waals surface area (Å²) in [6, 6.07) is 1.24. The fourth-order valence-corrected chi connectivity index (χ4v) is 1.76. The number of nitro groups is 2. The molecule has 0 aliphatic carbocycles. The zero-order valence-corrected chi connectivity index (χ0v) is 12.6. The Hall–Kier alpha value is -2.71. The van der Waals surface area contributed by atoms with E-state index in [4.69, 9.17) is 5.11 Å². The molecule has 0 aliphatic heterocycles. The molecule has 22 heavy (non-hydrogen) atoms. The molecule has 0 unspecified atom stereocenters. The lowest BCUT2D eigenvalue weighted by Crippen LogP contribution is -2.26. The predicted octanol–water partition coefficient (Wildman–Crippen LogP) is 2.69. The van der Waals surface area contributed by atoms with Crippen LogP contribution in [0.1, 0.15) is 33.3 Å². The number of carboxylic acids is 1. The minimum Gasteiger partial charge on any atom is -0.480 e. The van der Waals surface area contributed by atoms with Gasteiger partial charge in [-0.25, -0.2) is 0 Å². The number of nitrogens with zero attached hydrogens (tertiary/aromatic N) is 2. The molecule has 9 heteroatoms. The van der Waals surface area contributed by atoms with Crippen molar-refractivity contribution in [1.29, 1.82) is 0 Å². The number of benzene rings is 1. The molecule has 2 N–H and O–H groups in total. The second kappa shape index (κ2) is 5.96. The quantitative estimate of drug-likeness (QED) is 0.630. The molecule has 0 saturated heterocycles.